The van der Waals surface area contributed by atoms with Crippen LogP contribution in [-0.4, -0.2) is 31.4 Å². The van der Waals surface area contributed by atoms with Crippen molar-refractivity contribution in [1.29, 1.82) is 0 Å². The smallest absolute Gasteiger partial charge is 0.224 e. The number of rotatable bonds is 10. The number of amides is 1. The van der Waals surface area contributed by atoms with E-state index < -0.39 is 0 Å². The van der Waals surface area contributed by atoms with Crippen molar-refractivity contribution in [3.8, 4) is 11.5 Å². The van der Waals surface area contributed by atoms with Crippen LogP contribution in [0.5, 0.6) is 11.5 Å². The summed E-state index contributed by atoms with van der Waals surface area (Å²) in [5, 5.41) is 2.77. The first-order chi connectivity index (χ1) is 12.6. The van der Waals surface area contributed by atoms with E-state index in [1.165, 1.54) is 0 Å². The third-order valence-electron chi connectivity index (χ3n) is 3.59. The molecule has 1 amide bonds. The number of anilines is 1. The van der Waals surface area contributed by atoms with E-state index in [1.54, 1.807) is 48.5 Å². The number of hydrogen-bond donors (Lipinski definition) is 2. The van der Waals surface area contributed by atoms with Crippen molar-refractivity contribution >= 4 is 17.4 Å². The molecule has 26 heavy (non-hydrogen) atoms. The SMILES string of the molecule is CCOc1ccc(C(=O)CCC(=O)Nc2ccc(OCCN)cc2)cc1. The minimum Gasteiger partial charge on any atom is -0.494 e. The molecule has 0 unspecified atom stereocenters. The summed E-state index contributed by atoms with van der Waals surface area (Å²) in [4.78, 5) is 24.2. The minimum atomic E-state index is -0.208. The molecule has 0 saturated carbocycles. The Hall–Kier alpha value is -2.86. The zero-order chi connectivity index (χ0) is 18.8. The molecule has 0 saturated heterocycles. The second-order valence-electron chi connectivity index (χ2n) is 5.59. The first kappa shape index (κ1) is 19.5. The highest BCUT2D eigenvalue weighted by molar-refractivity contribution is 6.00. The van der Waals surface area contributed by atoms with Crippen LogP contribution in [0, 0.1) is 0 Å². The average Bonchev–Trinajstić information content (AvgIpc) is 2.66. The molecule has 0 aromatic heterocycles. The van der Waals surface area contributed by atoms with Gasteiger partial charge in [0, 0.05) is 30.6 Å². The van der Waals surface area contributed by atoms with Crippen molar-refractivity contribution in [3.05, 3.63) is 54.1 Å². The molecular formula is C20H24N2O4. The van der Waals surface area contributed by atoms with Crippen LogP contribution in [-0.2, 0) is 4.79 Å². The molecule has 0 fully saturated rings. The fourth-order valence-corrected chi connectivity index (χ4v) is 2.31. The van der Waals surface area contributed by atoms with Crippen LogP contribution in [0.2, 0.25) is 0 Å². The van der Waals surface area contributed by atoms with Crippen LogP contribution in [0.3, 0.4) is 0 Å². The van der Waals surface area contributed by atoms with Gasteiger partial charge in [0.1, 0.15) is 18.1 Å². The van der Waals surface area contributed by atoms with Gasteiger partial charge < -0.3 is 20.5 Å². The van der Waals surface area contributed by atoms with Gasteiger partial charge in [-0.05, 0) is 55.5 Å². The highest BCUT2D eigenvalue weighted by Crippen LogP contribution is 2.17. The monoisotopic (exact) mass is 356 g/mol. The molecule has 6 heteroatoms. The first-order valence-corrected chi connectivity index (χ1v) is 8.61. The lowest BCUT2D eigenvalue weighted by Crippen LogP contribution is -2.13. The summed E-state index contributed by atoms with van der Waals surface area (Å²) >= 11 is 0. The molecule has 0 radical (unpaired) electrons. The molecule has 0 aliphatic carbocycles. The zero-order valence-electron chi connectivity index (χ0n) is 14.9. The van der Waals surface area contributed by atoms with Crippen molar-refractivity contribution in [1.82, 2.24) is 0 Å². The van der Waals surface area contributed by atoms with Gasteiger partial charge in [-0.1, -0.05) is 0 Å². The zero-order valence-corrected chi connectivity index (χ0v) is 14.9. The number of Topliss-reactive ketones (excluding diaryl/α,β-unsaturated/α-hetero) is 1. The Kier molecular flexibility index (Phi) is 7.64. The molecule has 0 atom stereocenters. The highest BCUT2D eigenvalue weighted by Gasteiger charge is 2.10. The first-order valence-electron chi connectivity index (χ1n) is 8.61. The van der Waals surface area contributed by atoms with E-state index in [0.29, 0.717) is 36.8 Å². The van der Waals surface area contributed by atoms with Gasteiger partial charge >= 0.3 is 0 Å². The lowest BCUT2D eigenvalue weighted by atomic mass is 10.1. The number of hydrogen-bond acceptors (Lipinski definition) is 5. The molecule has 2 aromatic rings. The van der Waals surface area contributed by atoms with Gasteiger partial charge in [0.2, 0.25) is 5.91 Å². The molecule has 0 heterocycles. The molecule has 6 nitrogen and oxygen atoms in total. The van der Waals surface area contributed by atoms with Gasteiger partial charge in [-0.15, -0.1) is 0 Å². The van der Waals surface area contributed by atoms with E-state index in [9.17, 15) is 9.59 Å². The summed E-state index contributed by atoms with van der Waals surface area (Å²) < 4.78 is 10.7. The number of carbonyl (C=O) groups is 2. The van der Waals surface area contributed by atoms with E-state index in [0.717, 1.165) is 5.75 Å². The minimum absolute atomic E-state index is 0.0752. The molecule has 0 spiro atoms. The maximum absolute atomic E-state index is 12.2. The molecule has 2 aromatic carbocycles. The van der Waals surface area contributed by atoms with Crippen LogP contribution >= 0.6 is 0 Å². The quantitative estimate of drug-likeness (QED) is 0.639. The Labute approximate surface area is 153 Å². The average molecular weight is 356 g/mol. The summed E-state index contributed by atoms with van der Waals surface area (Å²) in [7, 11) is 0. The largest absolute Gasteiger partial charge is 0.494 e. The van der Waals surface area contributed by atoms with E-state index in [4.69, 9.17) is 15.2 Å². The van der Waals surface area contributed by atoms with Gasteiger partial charge in [-0.25, -0.2) is 0 Å². The normalized spacial score (nSPS) is 10.2. The maximum Gasteiger partial charge on any atom is 0.224 e. The molecule has 0 bridgehead atoms. The van der Waals surface area contributed by atoms with Crippen LogP contribution in [0.25, 0.3) is 0 Å². The molecule has 2 rings (SSSR count). The topological polar surface area (TPSA) is 90.7 Å². The van der Waals surface area contributed by atoms with Gasteiger partial charge in [0.05, 0.1) is 6.61 Å². The van der Waals surface area contributed by atoms with E-state index >= 15 is 0 Å². The van der Waals surface area contributed by atoms with Crippen LogP contribution < -0.4 is 20.5 Å². The number of ketones is 1. The second-order valence-corrected chi connectivity index (χ2v) is 5.59. The van der Waals surface area contributed by atoms with Gasteiger partial charge in [0.25, 0.3) is 0 Å². The van der Waals surface area contributed by atoms with Gasteiger partial charge in [0.15, 0.2) is 5.78 Å². The van der Waals surface area contributed by atoms with E-state index in [-0.39, 0.29) is 24.5 Å². The van der Waals surface area contributed by atoms with Gasteiger partial charge in [-0.2, -0.15) is 0 Å². The predicted octanol–water partition coefficient (Wildman–Crippen LogP) is 3.02. The van der Waals surface area contributed by atoms with Crippen molar-refractivity contribution in [3.63, 3.8) is 0 Å². The summed E-state index contributed by atoms with van der Waals surface area (Å²) in [6.07, 6.45) is 0.273. The third-order valence-corrected chi connectivity index (χ3v) is 3.59. The Morgan fingerprint density at radius 1 is 0.923 bits per heavy atom. The molecule has 138 valence electrons. The summed E-state index contributed by atoms with van der Waals surface area (Å²) in [6.45, 7) is 3.37. The maximum atomic E-state index is 12.2. The van der Waals surface area contributed by atoms with Crippen LogP contribution in [0.4, 0.5) is 5.69 Å². The molecule has 3 N–H and O–H groups in total. The number of ether oxygens (including phenoxy) is 2. The fraction of sp³-hybridized carbons (Fsp3) is 0.300. The Morgan fingerprint density at radius 2 is 1.54 bits per heavy atom. The van der Waals surface area contributed by atoms with Crippen molar-refractivity contribution in [2.24, 2.45) is 5.73 Å². The highest BCUT2D eigenvalue weighted by atomic mass is 16.5. The summed E-state index contributed by atoms with van der Waals surface area (Å²) in [6, 6.07) is 14.0. The fourth-order valence-electron chi connectivity index (χ4n) is 2.31. The van der Waals surface area contributed by atoms with Crippen LogP contribution in [0.1, 0.15) is 30.1 Å². The molecular weight excluding hydrogens is 332 g/mol. The van der Waals surface area contributed by atoms with Crippen molar-refractivity contribution in [2.75, 3.05) is 25.1 Å². The Balaban J connectivity index is 1.79. The lowest BCUT2D eigenvalue weighted by molar-refractivity contribution is -0.116. The molecule has 0 aliphatic rings. The summed E-state index contributed by atoms with van der Waals surface area (Å²) in [5.74, 6) is 1.13. The Morgan fingerprint density at radius 3 is 2.15 bits per heavy atom. The number of carbonyl (C=O) groups excluding carboxylic acids is 2. The number of nitrogens with one attached hydrogen (secondary N) is 1. The van der Waals surface area contributed by atoms with Crippen molar-refractivity contribution in [2.45, 2.75) is 19.8 Å². The second kappa shape index (κ2) is 10.2. The summed E-state index contributed by atoms with van der Waals surface area (Å²) in [5.41, 5.74) is 6.61. The predicted molar refractivity (Wildman–Crippen MR) is 101 cm³/mol. The van der Waals surface area contributed by atoms with Crippen LogP contribution in [0.15, 0.2) is 48.5 Å². The van der Waals surface area contributed by atoms with Gasteiger partial charge in [-0.3, -0.25) is 9.59 Å². The number of benzene rings is 2. The number of nitrogens with two attached hydrogens (primary N) is 1. The third kappa shape index (κ3) is 6.22. The Bertz CT molecular complexity index is 712. The van der Waals surface area contributed by atoms with E-state index in [2.05, 4.69) is 5.32 Å². The lowest BCUT2D eigenvalue weighted by Gasteiger charge is -2.08. The van der Waals surface area contributed by atoms with E-state index in [1.807, 2.05) is 6.92 Å². The molecule has 0 aliphatic heterocycles. The van der Waals surface area contributed by atoms with Crippen molar-refractivity contribution < 1.29 is 19.1 Å². The standard InChI is InChI=1S/C20H24N2O4/c1-2-25-17-7-3-15(4-8-17)19(23)11-12-20(24)22-16-5-9-18(10-6-16)26-14-13-21/h3-10H,2,11-14,21H2,1H3,(H,22,24).